The van der Waals surface area contributed by atoms with Crippen LogP contribution in [0.1, 0.15) is 5.56 Å². The minimum absolute atomic E-state index is 0.0867. The molecule has 0 aliphatic carbocycles. The molecular weight excluding hydrogens is 369 g/mol. The number of ether oxygens (including phenoxy) is 1. The highest BCUT2D eigenvalue weighted by atomic mass is 79.9. The highest BCUT2D eigenvalue weighted by Crippen LogP contribution is 2.20. The number of rotatable bonds is 3. The number of benzene rings is 1. The molecule has 8 heteroatoms. The molecule has 0 fully saturated rings. The maximum atomic E-state index is 13.5. The number of nitrogens with one attached hydrogen (secondary N) is 1. The van der Waals surface area contributed by atoms with Crippen LogP contribution in [-0.2, 0) is 6.54 Å². The summed E-state index contributed by atoms with van der Waals surface area (Å²) in [6.07, 6.45) is 1.48. The molecule has 0 spiro atoms. The van der Waals surface area contributed by atoms with E-state index in [0.29, 0.717) is 15.6 Å². The summed E-state index contributed by atoms with van der Waals surface area (Å²) in [6.45, 7) is 0.140. The third-order valence-electron chi connectivity index (χ3n) is 3.36. The van der Waals surface area contributed by atoms with Crippen molar-refractivity contribution in [2.45, 2.75) is 6.54 Å². The molecule has 3 rings (SSSR count). The van der Waals surface area contributed by atoms with Crippen molar-refractivity contribution in [3.63, 3.8) is 0 Å². The number of hydrogen-bond acceptors (Lipinski definition) is 4. The first kappa shape index (κ1) is 15.4. The summed E-state index contributed by atoms with van der Waals surface area (Å²) in [7, 11) is 1.37. The van der Waals surface area contributed by atoms with Crippen molar-refractivity contribution >= 4 is 27.0 Å². The lowest BCUT2D eigenvalue weighted by molar-refractivity contribution is 0.386. The van der Waals surface area contributed by atoms with Gasteiger partial charge in [-0.1, -0.05) is 6.07 Å². The molecule has 1 aromatic carbocycles. The fourth-order valence-electron chi connectivity index (χ4n) is 2.28. The van der Waals surface area contributed by atoms with Crippen LogP contribution in [0.25, 0.3) is 11.0 Å². The molecule has 0 amide bonds. The van der Waals surface area contributed by atoms with Crippen LogP contribution < -0.4 is 16.0 Å². The fraction of sp³-hybridized carbons (Fsp3) is 0.133. The van der Waals surface area contributed by atoms with E-state index < -0.39 is 17.1 Å². The smallest absolute Gasteiger partial charge is 0.329 e. The first-order chi connectivity index (χ1) is 11.0. The van der Waals surface area contributed by atoms with Gasteiger partial charge in [-0.25, -0.2) is 14.2 Å². The fourth-order valence-corrected chi connectivity index (χ4v) is 2.60. The standard InChI is InChI=1S/C15H11BrFN3O3/c1-23-12-4-8(2-3-10(12)17)7-20-11-5-9(16)6-18-13(11)14(21)19-15(20)22/h2-6H,7H2,1H3,(H,19,21,22). The van der Waals surface area contributed by atoms with Crippen LogP contribution in [0.3, 0.4) is 0 Å². The van der Waals surface area contributed by atoms with Gasteiger partial charge in [-0.15, -0.1) is 0 Å². The number of pyridine rings is 1. The Labute approximate surface area is 137 Å². The minimum atomic E-state index is -0.564. The van der Waals surface area contributed by atoms with E-state index >= 15 is 0 Å². The van der Waals surface area contributed by atoms with Crippen molar-refractivity contribution < 1.29 is 9.13 Å². The van der Waals surface area contributed by atoms with Crippen LogP contribution in [0.15, 0.2) is 44.5 Å². The molecule has 0 aliphatic rings. The van der Waals surface area contributed by atoms with Crippen molar-refractivity contribution in [1.82, 2.24) is 14.5 Å². The van der Waals surface area contributed by atoms with E-state index in [1.54, 1.807) is 12.1 Å². The third kappa shape index (κ3) is 2.89. The number of methoxy groups -OCH3 is 1. The molecule has 0 bridgehead atoms. The molecular formula is C15H11BrFN3O3. The summed E-state index contributed by atoms with van der Waals surface area (Å²) in [5, 5.41) is 0. The Bertz CT molecular complexity index is 1010. The van der Waals surface area contributed by atoms with Gasteiger partial charge in [0.2, 0.25) is 0 Å². The average molecular weight is 380 g/mol. The van der Waals surface area contributed by atoms with E-state index in [1.165, 1.54) is 30.0 Å². The van der Waals surface area contributed by atoms with E-state index in [0.717, 1.165) is 0 Å². The van der Waals surface area contributed by atoms with E-state index in [9.17, 15) is 14.0 Å². The number of hydrogen-bond donors (Lipinski definition) is 1. The highest BCUT2D eigenvalue weighted by molar-refractivity contribution is 9.10. The Morgan fingerprint density at radius 3 is 2.87 bits per heavy atom. The monoisotopic (exact) mass is 379 g/mol. The van der Waals surface area contributed by atoms with Gasteiger partial charge >= 0.3 is 5.69 Å². The Morgan fingerprint density at radius 2 is 2.13 bits per heavy atom. The molecule has 0 radical (unpaired) electrons. The average Bonchev–Trinajstić information content (AvgIpc) is 2.52. The summed E-state index contributed by atoms with van der Waals surface area (Å²) >= 11 is 3.27. The van der Waals surface area contributed by atoms with Crippen LogP contribution in [0.4, 0.5) is 4.39 Å². The molecule has 0 atom stereocenters. The topological polar surface area (TPSA) is 77.0 Å². The second kappa shape index (κ2) is 5.96. The zero-order valence-electron chi connectivity index (χ0n) is 12.0. The number of H-pyrrole nitrogens is 1. The predicted molar refractivity (Wildman–Crippen MR) is 86.4 cm³/mol. The molecule has 0 unspecified atom stereocenters. The Kier molecular flexibility index (Phi) is 3.99. The summed E-state index contributed by atoms with van der Waals surface area (Å²) in [5.41, 5.74) is 0.0769. The van der Waals surface area contributed by atoms with Crippen molar-refractivity contribution in [3.8, 4) is 5.75 Å². The number of nitrogens with zero attached hydrogens (tertiary/aromatic N) is 2. The molecule has 2 heterocycles. The quantitative estimate of drug-likeness (QED) is 0.755. The molecule has 23 heavy (non-hydrogen) atoms. The van der Waals surface area contributed by atoms with Gasteiger partial charge in [-0.3, -0.25) is 14.3 Å². The van der Waals surface area contributed by atoms with Crippen LogP contribution in [-0.4, -0.2) is 21.6 Å². The van der Waals surface area contributed by atoms with Crippen LogP contribution in [0.5, 0.6) is 5.75 Å². The van der Waals surface area contributed by atoms with Gasteiger partial charge in [0.15, 0.2) is 17.1 Å². The van der Waals surface area contributed by atoms with Gasteiger partial charge in [0.05, 0.1) is 19.2 Å². The van der Waals surface area contributed by atoms with Gasteiger partial charge in [0.1, 0.15) is 0 Å². The molecule has 6 nitrogen and oxygen atoms in total. The molecule has 0 aliphatic heterocycles. The maximum absolute atomic E-state index is 13.5. The van der Waals surface area contributed by atoms with Crippen molar-refractivity contribution in [1.29, 1.82) is 0 Å². The van der Waals surface area contributed by atoms with Crippen LogP contribution in [0.2, 0.25) is 0 Å². The van der Waals surface area contributed by atoms with E-state index in [1.807, 2.05) is 0 Å². The predicted octanol–water partition coefficient (Wildman–Crippen LogP) is 2.04. The first-order valence-corrected chi connectivity index (χ1v) is 7.39. The van der Waals surface area contributed by atoms with E-state index in [4.69, 9.17) is 4.74 Å². The zero-order valence-corrected chi connectivity index (χ0v) is 13.6. The summed E-state index contributed by atoms with van der Waals surface area (Å²) in [6, 6.07) is 5.96. The first-order valence-electron chi connectivity index (χ1n) is 6.60. The van der Waals surface area contributed by atoms with Crippen molar-refractivity contribution in [2.75, 3.05) is 7.11 Å². The van der Waals surface area contributed by atoms with E-state index in [-0.39, 0.29) is 17.8 Å². The lowest BCUT2D eigenvalue weighted by Crippen LogP contribution is -2.31. The molecule has 0 saturated carbocycles. The van der Waals surface area contributed by atoms with Gasteiger partial charge in [0, 0.05) is 10.7 Å². The largest absolute Gasteiger partial charge is 0.494 e. The van der Waals surface area contributed by atoms with Crippen molar-refractivity contribution in [3.05, 3.63) is 67.2 Å². The molecule has 3 aromatic rings. The second-order valence-corrected chi connectivity index (χ2v) is 5.75. The lowest BCUT2D eigenvalue weighted by atomic mass is 10.2. The Morgan fingerprint density at radius 1 is 1.35 bits per heavy atom. The molecule has 118 valence electrons. The SMILES string of the molecule is COc1cc(Cn2c(=O)[nH]c(=O)c3ncc(Br)cc32)ccc1F. The summed E-state index contributed by atoms with van der Waals surface area (Å²) in [5.74, 6) is -0.400. The van der Waals surface area contributed by atoms with E-state index in [2.05, 4.69) is 25.9 Å². The summed E-state index contributed by atoms with van der Waals surface area (Å²) in [4.78, 5) is 30.3. The lowest BCUT2D eigenvalue weighted by Gasteiger charge is -2.10. The molecule has 0 saturated heterocycles. The van der Waals surface area contributed by atoms with Gasteiger partial charge < -0.3 is 4.74 Å². The Hall–Kier alpha value is -2.48. The number of aromatic amines is 1. The zero-order chi connectivity index (χ0) is 16.6. The minimum Gasteiger partial charge on any atom is -0.494 e. The van der Waals surface area contributed by atoms with Gasteiger partial charge in [0.25, 0.3) is 5.56 Å². The number of aromatic nitrogens is 3. The number of halogens is 2. The maximum Gasteiger partial charge on any atom is 0.329 e. The summed E-state index contributed by atoms with van der Waals surface area (Å²) < 4.78 is 20.4. The highest BCUT2D eigenvalue weighted by Gasteiger charge is 2.11. The van der Waals surface area contributed by atoms with Gasteiger partial charge in [-0.05, 0) is 39.7 Å². The number of fused-ring (bicyclic) bond motifs is 1. The second-order valence-electron chi connectivity index (χ2n) is 4.84. The van der Waals surface area contributed by atoms with Crippen LogP contribution >= 0.6 is 15.9 Å². The third-order valence-corrected chi connectivity index (χ3v) is 3.80. The Balaban J connectivity index is 2.18. The normalized spacial score (nSPS) is 10.9. The molecule has 1 N–H and O–H groups in total. The van der Waals surface area contributed by atoms with Gasteiger partial charge in [-0.2, -0.15) is 0 Å². The van der Waals surface area contributed by atoms with Crippen molar-refractivity contribution in [2.24, 2.45) is 0 Å². The molecule has 2 aromatic heterocycles. The van der Waals surface area contributed by atoms with Crippen LogP contribution in [0, 0.1) is 5.82 Å².